The third kappa shape index (κ3) is 2.43. The maximum absolute atomic E-state index is 11.5. The summed E-state index contributed by atoms with van der Waals surface area (Å²) >= 11 is 0. The van der Waals surface area contributed by atoms with Gasteiger partial charge in [0.05, 0.1) is 0 Å². The summed E-state index contributed by atoms with van der Waals surface area (Å²) in [7, 11) is 0. The number of benzene rings is 2. The van der Waals surface area contributed by atoms with Crippen LogP contribution in [0.25, 0.3) is 0 Å². The smallest absolute Gasteiger partial charge is 0.331 e. The number of hydrogen-bond acceptors (Lipinski definition) is 2. The molecule has 2 atom stereocenters. The lowest BCUT2D eigenvalue weighted by Crippen LogP contribution is -2.20. The summed E-state index contributed by atoms with van der Waals surface area (Å²) < 4.78 is 5.51. The van der Waals surface area contributed by atoms with Crippen molar-refractivity contribution in [1.82, 2.24) is 0 Å². The zero-order valence-electron chi connectivity index (χ0n) is 10.4. The van der Waals surface area contributed by atoms with Crippen LogP contribution in [0.3, 0.4) is 0 Å². The molecule has 0 spiro atoms. The molecule has 1 aliphatic heterocycles. The lowest BCUT2D eigenvalue weighted by molar-refractivity contribution is -0.145. The van der Waals surface area contributed by atoms with E-state index in [1.54, 1.807) is 0 Å². The van der Waals surface area contributed by atoms with Crippen LogP contribution in [0.1, 0.15) is 23.1 Å². The average molecular weight is 250 g/mol. The molecule has 2 aromatic carbocycles. The van der Waals surface area contributed by atoms with E-state index >= 15 is 0 Å². The van der Waals surface area contributed by atoms with Crippen LogP contribution in [0.4, 0.5) is 0 Å². The second-order valence-electron chi connectivity index (χ2n) is 4.56. The molecule has 0 bridgehead atoms. The molecule has 0 saturated heterocycles. The van der Waals surface area contributed by atoms with E-state index < -0.39 is 0 Å². The van der Waals surface area contributed by atoms with Gasteiger partial charge in [-0.25, -0.2) is 4.79 Å². The van der Waals surface area contributed by atoms with E-state index in [1.807, 2.05) is 54.6 Å². The molecule has 2 heteroatoms. The van der Waals surface area contributed by atoms with Crippen molar-refractivity contribution in [3.05, 3.63) is 83.9 Å². The molecule has 2 nitrogen and oxygen atoms in total. The average Bonchev–Trinajstić information content (AvgIpc) is 2.49. The van der Waals surface area contributed by atoms with Gasteiger partial charge in [0.1, 0.15) is 6.10 Å². The largest absolute Gasteiger partial charge is 0.453 e. The zero-order valence-corrected chi connectivity index (χ0v) is 10.4. The van der Waals surface area contributed by atoms with Crippen molar-refractivity contribution in [3.8, 4) is 0 Å². The van der Waals surface area contributed by atoms with Gasteiger partial charge in [-0.2, -0.15) is 0 Å². The monoisotopic (exact) mass is 250 g/mol. The summed E-state index contributed by atoms with van der Waals surface area (Å²) in [5.41, 5.74) is 2.18. The Labute approximate surface area is 112 Å². The third-order valence-electron chi connectivity index (χ3n) is 3.32. The number of hydrogen-bond donors (Lipinski definition) is 0. The summed E-state index contributed by atoms with van der Waals surface area (Å²) in [6, 6.07) is 20.0. The van der Waals surface area contributed by atoms with Crippen LogP contribution in [-0.4, -0.2) is 5.97 Å². The fraction of sp³-hybridized carbons (Fsp3) is 0.118. The van der Waals surface area contributed by atoms with Crippen molar-refractivity contribution in [3.63, 3.8) is 0 Å². The minimum absolute atomic E-state index is 0.0706. The molecule has 0 aliphatic carbocycles. The molecule has 94 valence electrons. The van der Waals surface area contributed by atoms with Gasteiger partial charge in [-0.3, -0.25) is 0 Å². The highest BCUT2D eigenvalue weighted by Crippen LogP contribution is 2.37. The maximum atomic E-state index is 11.5. The number of cyclic esters (lactones) is 1. The molecule has 0 aromatic heterocycles. The second kappa shape index (κ2) is 5.11. The van der Waals surface area contributed by atoms with Gasteiger partial charge in [0.2, 0.25) is 0 Å². The van der Waals surface area contributed by atoms with Crippen LogP contribution in [0.2, 0.25) is 0 Å². The first kappa shape index (κ1) is 11.7. The molecule has 0 unspecified atom stereocenters. The summed E-state index contributed by atoms with van der Waals surface area (Å²) in [6.45, 7) is 0. The molecule has 0 amide bonds. The maximum Gasteiger partial charge on any atom is 0.331 e. The Morgan fingerprint density at radius 2 is 1.37 bits per heavy atom. The predicted molar refractivity (Wildman–Crippen MR) is 73.6 cm³/mol. The zero-order chi connectivity index (χ0) is 13.1. The van der Waals surface area contributed by atoms with Crippen LogP contribution >= 0.6 is 0 Å². The Morgan fingerprint density at radius 3 is 2.00 bits per heavy atom. The third-order valence-corrected chi connectivity index (χ3v) is 3.32. The molecule has 2 aromatic rings. The van der Waals surface area contributed by atoms with E-state index in [2.05, 4.69) is 12.1 Å². The van der Waals surface area contributed by atoms with Crippen LogP contribution in [-0.2, 0) is 9.53 Å². The topological polar surface area (TPSA) is 26.3 Å². The highest BCUT2D eigenvalue weighted by atomic mass is 16.5. The number of carbonyl (C=O) groups excluding carboxylic acids is 1. The van der Waals surface area contributed by atoms with E-state index in [-0.39, 0.29) is 18.0 Å². The fourth-order valence-corrected chi connectivity index (χ4v) is 2.40. The van der Waals surface area contributed by atoms with Crippen LogP contribution in [0.5, 0.6) is 0 Å². The SMILES string of the molecule is O=C1C=C[C@@H](c2ccccc2)[C@H](c2ccccc2)O1. The molecule has 0 N–H and O–H groups in total. The first-order valence-corrected chi connectivity index (χ1v) is 6.33. The van der Waals surface area contributed by atoms with Crippen LogP contribution in [0.15, 0.2) is 72.8 Å². The first-order chi connectivity index (χ1) is 9.34. The Kier molecular flexibility index (Phi) is 3.15. The minimum Gasteiger partial charge on any atom is -0.453 e. The van der Waals surface area contributed by atoms with Crippen LogP contribution < -0.4 is 0 Å². The Balaban J connectivity index is 2.01. The lowest BCUT2D eigenvalue weighted by atomic mass is 9.87. The van der Waals surface area contributed by atoms with Crippen molar-refractivity contribution in [1.29, 1.82) is 0 Å². The quantitative estimate of drug-likeness (QED) is 0.761. The van der Waals surface area contributed by atoms with E-state index in [0.717, 1.165) is 11.1 Å². The molecular weight excluding hydrogens is 236 g/mol. The predicted octanol–water partition coefficient (Wildman–Crippen LogP) is 3.62. The Hall–Kier alpha value is -2.35. The summed E-state index contributed by atoms with van der Waals surface area (Å²) in [6.07, 6.45) is 3.19. The van der Waals surface area contributed by atoms with Crippen molar-refractivity contribution < 1.29 is 9.53 Å². The highest BCUT2D eigenvalue weighted by Gasteiger charge is 2.29. The molecule has 0 saturated carbocycles. The van der Waals surface area contributed by atoms with Gasteiger partial charge in [-0.15, -0.1) is 0 Å². The van der Waals surface area contributed by atoms with Gasteiger partial charge in [-0.1, -0.05) is 66.7 Å². The Morgan fingerprint density at radius 1 is 0.789 bits per heavy atom. The van der Waals surface area contributed by atoms with E-state index in [1.165, 1.54) is 6.08 Å². The molecule has 3 rings (SSSR count). The lowest BCUT2D eigenvalue weighted by Gasteiger charge is -2.28. The number of carbonyl (C=O) groups is 1. The van der Waals surface area contributed by atoms with Gasteiger partial charge in [0.15, 0.2) is 0 Å². The van der Waals surface area contributed by atoms with Gasteiger partial charge >= 0.3 is 5.97 Å². The highest BCUT2D eigenvalue weighted by molar-refractivity contribution is 5.83. The number of rotatable bonds is 2. The first-order valence-electron chi connectivity index (χ1n) is 6.33. The molecule has 0 radical (unpaired) electrons. The standard InChI is InChI=1S/C17H14O2/c18-16-12-11-15(13-7-3-1-4-8-13)17(19-16)14-9-5-2-6-10-14/h1-12,15,17H/t15-,17-/m0/s1. The minimum atomic E-state index is -0.277. The Bertz CT molecular complexity index is 587. The van der Waals surface area contributed by atoms with Crippen molar-refractivity contribution in [2.75, 3.05) is 0 Å². The fourth-order valence-electron chi connectivity index (χ4n) is 2.40. The van der Waals surface area contributed by atoms with Gasteiger partial charge < -0.3 is 4.74 Å². The summed E-state index contributed by atoms with van der Waals surface area (Å²) in [5, 5.41) is 0. The van der Waals surface area contributed by atoms with Gasteiger partial charge in [0.25, 0.3) is 0 Å². The molecule has 1 heterocycles. The van der Waals surface area contributed by atoms with Gasteiger partial charge in [-0.05, 0) is 11.1 Å². The second-order valence-corrected chi connectivity index (χ2v) is 4.56. The summed E-state index contributed by atoms with van der Waals surface area (Å²) in [4.78, 5) is 11.5. The van der Waals surface area contributed by atoms with Gasteiger partial charge in [0, 0.05) is 12.0 Å². The van der Waals surface area contributed by atoms with Crippen molar-refractivity contribution >= 4 is 5.97 Å². The molecule has 0 fully saturated rings. The van der Waals surface area contributed by atoms with E-state index in [4.69, 9.17) is 4.74 Å². The van der Waals surface area contributed by atoms with Crippen molar-refractivity contribution in [2.45, 2.75) is 12.0 Å². The molecule has 1 aliphatic rings. The van der Waals surface area contributed by atoms with E-state index in [0.29, 0.717) is 0 Å². The van der Waals surface area contributed by atoms with Crippen LogP contribution in [0, 0.1) is 0 Å². The molecule has 19 heavy (non-hydrogen) atoms. The summed E-state index contributed by atoms with van der Waals surface area (Å²) in [5.74, 6) is -0.206. The van der Waals surface area contributed by atoms with Crippen molar-refractivity contribution in [2.24, 2.45) is 0 Å². The number of esters is 1. The molecular formula is C17H14O2. The number of ether oxygens (including phenoxy) is 1. The normalized spacial score (nSPS) is 22.0. The van der Waals surface area contributed by atoms with E-state index in [9.17, 15) is 4.79 Å².